The van der Waals surface area contributed by atoms with Gasteiger partial charge in [0.15, 0.2) is 0 Å². The number of aromatic nitrogens is 1. The van der Waals surface area contributed by atoms with E-state index in [2.05, 4.69) is 22.5 Å². The van der Waals surface area contributed by atoms with Crippen molar-refractivity contribution in [3.05, 3.63) is 24.0 Å². The summed E-state index contributed by atoms with van der Waals surface area (Å²) >= 11 is 0. The van der Waals surface area contributed by atoms with E-state index in [0.717, 1.165) is 11.6 Å². The van der Waals surface area contributed by atoms with Gasteiger partial charge in [0.25, 0.3) is 0 Å². The van der Waals surface area contributed by atoms with Crippen molar-refractivity contribution >= 4 is 11.8 Å². The number of carboxylic acid groups (broad SMARTS) is 1. The fourth-order valence-electron chi connectivity index (χ4n) is 3.08. The quantitative estimate of drug-likeness (QED) is 0.748. The minimum absolute atomic E-state index is 0.424. The Balaban J connectivity index is 1.82. The van der Waals surface area contributed by atoms with Crippen LogP contribution in [0.5, 0.6) is 0 Å². The van der Waals surface area contributed by atoms with Gasteiger partial charge in [-0.15, -0.1) is 0 Å². The standard InChI is InChI=1S/C16H25N3O2/c1-12(10-13-6-3-2-4-7-13)18-11-15-14(19-16(20)21)8-5-9-17-15/h5,8-9,12-13,18-19H,2-4,6-7,10-11H2,1H3,(H,20,21). The molecule has 3 N–H and O–H groups in total. The minimum atomic E-state index is -1.06. The molecular formula is C16H25N3O2. The third kappa shape index (κ3) is 5.34. The molecule has 1 aromatic rings. The zero-order chi connectivity index (χ0) is 15.1. The Labute approximate surface area is 126 Å². The second kappa shape index (κ2) is 7.98. The van der Waals surface area contributed by atoms with Crippen molar-refractivity contribution < 1.29 is 9.90 Å². The summed E-state index contributed by atoms with van der Waals surface area (Å²) in [6.45, 7) is 2.78. The highest BCUT2D eigenvalue weighted by molar-refractivity contribution is 5.83. The first-order valence-electron chi connectivity index (χ1n) is 7.82. The maximum absolute atomic E-state index is 10.8. The summed E-state index contributed by atoms with van der Waals surface area (Å²) in [5, 5.41) is 14.7. The molecule has 2 rings (SSSR count). The van der Waals surface area contributed by atoms with E-state index in [4.69, 9.17) is 5.11 Å². The average Bonchev–Trinajstić information content (AvgIpc) is 2.47. The van der Waals surface area contributed by atoms with Gasteiger partial charge in [-0.1, -0.05) is 32.1 Å². The van der Waals surface area contributed by atoms with Crippen LogP contribution in [0.15, 0.2) is 18.3 Å². The van der Waals surface area contributed by atoms with E-state index < -0.39 is 6.09 Å². The Kier molecular flexibility index (Phi) is 5.99. The smallest absolute Gasteiger partial charge is 0.409 e. The van der Waals surface area contributed by atoms with Crippen molar-refractivity contribution in [2.75, 3.05) is 5.32 Å². The Bertz CT molecular complexity index is 459. The Morgan fingerprint density at radius 3 is 2.90 bits per heavy atom. The lowest BCUT2D eigenvalue weighted by Crippen LogP contribution is -2.29. The summed E-state index contributed by atoms with van der Waals surface area (Å²) in [5.74, 6) is 0.835. The van der Waals surface area contributed by atoms with Crippen LogP contribution in [-0.2, 0) is 6.54 Å². The van der Waals surface area contributed by atoms with E-state index in [9.17, 15) is 4.79 Å². The first kappa shape index (κ1) is 15.8. The molecule has 1 amide bonds. The molecule has 0 radical (unpaired) electrons. The number of amides is 1. The molecule has 0 bridgehead atoms. The van der Waals surface area contributed by atoms with Gasteiger partial charge in [0, 0.05) is 18.8 Å². The summed E-state index contributed by atoms with van der Waals surface area (Å²) < 4.78 is 0. The SMILES string of the molecule is CC(CC1CCCCC1)NCc1ncccc1NC(=O)O. The number of hydrogen-bond acceptors (Lipinski definition) is 3. The molecule has 1 unspecified atom stereocenters. The van der Waals surface area contributed by atoms with Gasteiger partial charge in [-0.05, 0) is 31.4 Å². The molecule has 0 aromatic carbocycles. The first-order valence-corrected chi connectivity index (χ1v) is 7.82. The molecule has 1 heterocycles. The summed E-state index contributed by atoms with van der Waals surface area (Å²) in [4.78, 5) is 15.0. The van der Waals surface area contributed by atoms with Crippen molar-refractivity contribution in [2.45, 2.75) is 58.0 Å². The van der Waals surface area contributed by atoms with Crippen LogP contribution in [0.25, 0.3) is 0 Å². The third-order valence-corrected chi connectivity index (χ3v) is 4.16. The molecule has 0 saturated heterocycles. The predicted molar refractivity (Wildman–Crippen MR) is 83.4 cm³/mol. The second-order valence-corrected chi connectivity index (χ2v) is 5.95. The van der Waals surface area contributed by atoms with Crippen molar-refractivity contribution in [3.8, 4) is 0 Å². The second-order valence-electron chi connectivity index (χ2n) is 5.95. The Morgan fingerprint density at radius 2 is 2.19 bits per heavy atom. The molecule has 5 nitrogen and oxygen atoms in total. The van der Waals surface area contributed by atoms with Crippen LogP contribution in [0.4, 0.5) is 10.5 Å². The van der Waals surface area contributed by atoms with Gasteiger partial charge in [0.05, 0.1) is 11.4 Å². The lowest BCUT2D eigenvalue weighted by atomic mass is 9.85. The molecular weight excluding hydrogens is 266 g/mol. The number of nitrogens with one attached hydrogen (secondary N) is 2. The Morgan fingerprint density at radius 1 is 1.43 bits per heavy atom. The zero-order valence-corrected chi connectivity index (χ0v) is 12.6. The van der Waals surface area contributed by atoms with Gasteiger partial charge in [-0.25, -0.2) is 4.79 Å². The molecule has 1 fully saturated rings. The molecule has 0 spiro atoms. The maximum Gasteiger partial charge on any atom is 0.409 e. The molecule has 116 valence electrons. The lowest BCUT2D eigenvalue weighted by Gasteiger charge is -2.25. The van der Waals surface area contributed by atoms with E-state index in [0.29, 0.717) is 18.3 Å². The van der Waals surface area contributed by atoms with E-state index in [-0.39, 0.29) is 0 Å². The van der Waals surface area contributed by atoms with Crippen molar-refractivity contribution in [1.82, 2.24) is 10.3 Å². The van der Waals surface area contributed by atoms with Gasteiger partial charge in [0.1, 0.15) is 0 Å². The topological polar surface area (TPSA) is 74.2 Å². The van der Waals surface area contributed by atoms with E-state index >= 15 is 0 Å². The minimum Gasteiger partial charge on any atom is -0.465 e. The van der Waals surface area contributed by atoms with Crippen LogP contribution in [0.3, 0.4) is 0 Å². The number of hydrogen-bond donors (Lipinski definition) is 3. The largest absolute Gasteiger partial charge is 0.465 e. The summed E-state index contributed by atoms with van der Waals surface area (Å²) in [7, 11) is 0. The van der Waals surface area contributed by atoms with Crippen molar-refractivity contribution in [2.24, 2.45) is 5.92 Å². The first-order chi connectivity index (χ1) is 10.1. The fraction of sp³-hybridized carbons (Fsp3) is 0.625. The molecule has 5 heteroatoms. The highest BCUT2D eigenvalue weighted by Gasteiger charge is 2.16. The zero-order valence-electron chi connectivity index (χ0n) is 12.6. The van der Waals surface area contributed by atoms with Crippen LogP contribution >= 0.6 is 0 Å². The summed E-state index contributed by atoms with van der Waals surface area (Å²) in [6, 6.07) is 3.90. The number of rotatable bonds is 6. The molecule has 1 aromatic heterocycles. The average molecular weight is 291 g/mol. The van der Waals surface area contributed by atoms with E-state index in [1.807, 2.05) is 0 Å². The van der Waals surface area contributed by atoms with E-state index in [1.54, 1.807) is 18.3 Å². The van der Waals surface area contributed by atoms with Crippen LogP contribution in [0.2, 0.25) is 0 Å². The monoisotopic (exact) mass is 291 g/mol. The van der Waals surface area contributed by atoms with Gasteiger partial charge in [-0.3, -0.25) is 10.3 Å². The number of nitrogens with zero attached hydrogens (tertiary/aromatic N) is 1. The van der Waals surface area contributed by atoms with Gasteiger partial charge in [0.2, 0.25) is 0 Å². The van der Waals surface area contributed by atoms with E-state index in [1.165, 1.54) is 38.5 Å². The molecule has 0 aliphatic heterocycles. The number of pyridine rings is 1. The van der Waals surface area contributed by atoms with Gasteiger partial charge in [-0.2, -0.15) is 0 Å². The molecule has 1 atom stereocenters. The molecule has 21 heavy (non-hydrogen) atoms. The number of carbonyl (C=O) groups is 1. The van der Waals surface area contributed by atoms with Gasteiger partial charge < -0.3 is 10.4 Å². The maximum atomic E-state index is 10.8. The van der Waals surface area contributed by atoms with Crippen LogP contribution in [0.1, 0.15) is 51.1 Å². The van der Waals surface area contributed by atoms with Crippen molar-refractivity contribution in [1.29, 1.82) is 0 Å². The molecule has 1 aliphatic rings. The fourth-order valence-corrected chi connectivity index (χ4v) is 3.08. The summed E-state index contributed by atoms with van der Waals surface area (Å²) in [6.07, 6.45) is 8.64. The normalized spacial score (nSPS) is 17.4. The van der Waals surface area contributed by atoms with Crippen LogP contribution < -0.4 is 10.6 Å². The highest BCUT2D eigenvalue weighted by Crippen LogP contribution is 2.27. The molecule has 1 aliphatic carbocycles. The van der Waals surface area contributed by atoms with Crippen LogP contribution in [0, 0.1) is 5.92 Å². The predicted octanol–water partition coefficient (Wildman–Crippen LogP) is 3.62. The Hall–Kier alpha value is -1.62. The van der Waals surface area contributed by atoms with Crippen molar-refractivity contribution in [3.63, 3.8) is 0 Å². The van der Waals surface area contributed by atoms with Gasteiger partial charge >= 0.3 is 6.09 Å². The summed E-state index contributed by atoms with van der Waals surface area (Å²) in [5.41, 5.74) is 1.30. The van der Waals surface area contributed by atoms with Crippen LogP contribution in [-0.4, -0.2) is 22.2 Å². The highest BCUT2D eigenvalue weighted by atomic mass is 16.4. The number of anilines is 1. The third-order valence-electron chi connectivity index (χ3n) is 4.16. The lowest BCUT2D eigenvalue weighted by molar-refractivity contribution is 0.209. The molecule has 1 saturated carbocycles.